The van der Waals surface area contributed by atoms with Gasteiger partial charge in [0.05, 0.1) is 25.5 Å². The number of aromatic nitrogens is 1. The van der Waals surface area contributed by atoms with Crippen molar-refractivity contribution in [2.45, 2.75) is 25.3 Å². The average molecular weight is 569 g/mol. The molecule has 0 bridgehead atoms. The lowest BCUT2D eigenvalue weighted by molar-refractivity contribution is -0.140. The Balaban J connectivity index is 1.45. The van der Waals surface area contributed by atoms with E-state index in [4.69, 9.17) is 27.9 Å². The van der Waals surface area contributed by atoms with Crippen LogP contribution in [0.1, 0.15) is 28.8 Å². The van der Waals surface area contributed by atoms with E-state index in [1.807, 2.05) is 0 Å². The molecular formula is C23H20BrCl2N3O5. The van der Waals surface area contributed by atoms with Gasteiger partial charge in [-0.2, -0.15) is 0 Å². The Kier molecular flexibility index (Phi) is 7.28. The summed E-state index contributed by atoms with van der Waals surface area (Å²) in [5.41, 5.74) is 1.28. The number of allylic oxidation sites excluding steroid dienone is 2. The SMILES string of the molecule is O=C(Nc1ccc(CC(NC2=C(Br)C(=O)C23CCOCC3)C(=O)O)cc1)c1c(Cl)cncc1Cl. The van der Waals surface area contributed by atoms with E-state index in [0.29, 0.717) is 41.9 Å². The van der Waals surface area contributed by atoms with E-state index in [2.05, 4.69) is 31.5 Å². The van der Waals surface area contributed by atoms with Gasteiger partial charge in [0.15, 0.2) is 5.78 Å². The number of carboxylic acids is 1. The number of benzene rings is 1. The van der Waals surface area contributed by atoms with E-state index in [1.54, 1.807) is 24.3 Å². The number of carbonyl (C=O) groups is 3. The largest absolute Gasteiger partial charge is 0.480 e. The van der Waals surface area contributed by atoms with Gasteiger partial charge < -0.3 is 20.5 Å². The van der Waals surface area contributed by atoms with Gasteiger partial charge in [0.2, 0.25) is 0 Å². The summed E-state index contributed by atoms with van der Waals surface area (Å²) < 4.78 is 5.77. The number of ketones is 1. The Hall–Kier alpha value is -2.46. The first-order chi connectivity index (χ1) is 16.2. The molecule has 1 saturated heterocycles. The molecule has 34 heavy (non-hydrogen) atoms. The summed E-state index contributed by atoms with van der Waals surface area (Å²) in [6, 6.07) is 5.84. The van der Waals surface area contributed by atoms with Gasteiger partial charge in [-0.15, -0.1) is 0 Å². The molecule has 1 aliphatic heterocycles. The number of hydrogen-bond donors (Lipinski definition) is 3. The molecule has 1 fully saturated rings. The zero-order valence-corrected chi connectivity index (χ0v) is 20.8. The zero-order valence-electron chi connectivity index (χ0n) is 17.7. The number of pyridine rings is 1. The third kappa shape index (κ3) is 4.70. The van der Waals surface area contributed by atoms with Crippen LogP contribution in [-0.2, 0) is 20.7 Å². The Labute approximate surface area is 213 Å². The Morgan fingerprint density at radius 3 is 2.35 bits per heavy atom. The van der Waals surface area contributed by atoms with Gasteiger partial charge in [-0.1, -0.05) is 35.3 Å². The molecule has 1 aliphatic carbocycles. The second kappa shape index (κ2) is 10.0. The second-order valence-electron chi connectivity index (χ2n) is 8.08. The number of amides is 1. The predicted octanol–water partition coefficient (Wildman–Crippen LogP) is 4.21. The third-order valence-electron chi connectivity index (χ3n) is 6.03. The van der Waals surface area contributed by atoms with Crippen LogP contribution in [0.4, 0.5) is 5.69 Å². The van der Waals surface area contributed by atoms with E-state index in [-0.39, 0.29) is 27.8 Å². The molecule has 2 aliphatic rings. The number of nitrogens with zero attached hydrogens (tertiary/aromatic N) is 1. The van der Waals surface area contributed by atoms with E-state index < -0.39 is 23.3 Å². The summed E-state index contributed by atoms with van der Waals surface area (Å²) in [5.74, 6) is -1.53. The summed E-state index contributed by atoms with van der Waals surface area (Å²) in [6.07, 6.45) is 3.89. The monoisotopic (exact) mass is 567 g/mol. The molecule has 1 amide bonds. The predicted molar refractivity (Wildman–Crippen MR) is 130 cm³/mol. The molecule has 0 radical (unpaired) electrons. The smallest absolute Gasteiger partial charge is 0.326 e. The van der Waals surface area contributed by atoms with Gasteiger partial charge in [-0.05, 0) is 46.5 Å². The van der Waals surface area contributed by atoms with E-state index in [0.717, 1.165) is 5.56 Å². The Morgan fingerprint density at radius 1 is 1.15 bits per heavy atom. The minimum atomic E-state index is -1.03. The van der Waals surface area contributed by atoms with Crippen LogP contribution >= 0.6 is 39.1 Å². The molecule has 1 aromatic heterocycles. The number of anilines is 1. The number of carboxylic acid groups (broad SMARTS) is 1. The Bertz CT molecular complexity index is 1160. The fraction of sp³-hybridized carbons (Fsp3) is 0.304. The number of carbonyl (C=O) groups excluding carboxylic acids is 2. The number of Topliss-reactive ketones (excluding diaryl/α,β-unsaturated/α-hetero) is 1. The maximum atomic E-state index is 12.5. The molecule has 2 heterocycles. The quantitative estimate of drug-likeness (QED) is 0.458. The lowest BCUT2D eigenvalue weighted by Gasteiger charge is -2.45. The van der Waals surface area contributed by atoms with Crippen molar-refractivity contribution in [3.63, 3.8) is 0 Å². The number of nitrogens with one attached hydrogen (secondary N) is 2. The van der Waals surface area contributed by atoms with Gasteiger partial charge in [-0.3, -0.25) is 14.6 Å². The molecule has 0 saturated carbocycles. The van der Waals surface area contributed by atoms with Crippen molar-refractivity contribution in [2.75, 3.05) is 18.5 Å². The van der Waals surface area contributed by atoms with Gasteiger partial charge in [-0.25, -0.2) is 4.79 Å². The van der Waals surface area contributed by atoms with Crippen LogP contribution in [0.25, 0.3) is 0 Å². The molecule has 2 aromatic rings. The highest BCUT2D eigenvalue weighted by atomic mass is 79.9. The van der Waals surface area contributed by atoms with Crippen LogP contribution < -0.4 is 10.6 Å². The summed E-state index contributed by atoms with van der Waals surface area (Å²) in [7, 11) is 0. The van der Waals surface area contributed by atoms with Crippen LogP contribution in [0.5, 0.6) is 0 Å². The van der Waals surface area contributed by atoms with Crippen LogP contribution in [0, 0.1) is 5.41 Å². The van der Waals surface area contributed by atoms with E-state index in [1.165, 1.54) is 12.4 Å². The summed E-state index contributed by atoms with van der Waals surface area (Å²) in [5, 5.41) is 15.9. The number of halogens is 3. The number of rotatable bonds is 7. The second-order valence-corrected chi connectivity index (χ2v) is 9.69. The summed E-state index contributed by atoms with van der Waals surface area (Å²) >= 11 is 15.4. The molecule has 1 spiro atoms. The minimum Gasteiger partial charge on any atom is -0.480 e. The Morgan fingerprint density at radius 2 is 1.76 bits per heavy atom. The van der Waals surface area contributed by atoms with Crippen molar-refractivity contribution >= 4 is 62.5 Å². The van der Waals surface area contributed by atoms with E-state index >= 15 is 0 Å². The van der Waals surface area contributed by atoms with Crippen LogP contribution in [0.15, 0.2) is 46.8 Å². The van der Waals surface area contributed by atoms with Gasteiger partial charge in [0.1, 0.15) is 6.04 Å². The van der Waals surface area contributed by atoms with Gasteiger partial charge >= 0.3 is 5.97 Å². The van der Waals surface area contributed by atoms with Crippen LogP contribution in [-0.4, -0.2) is 47.0 Å². The third-order valence-corrected chi connectivity index (χ3v) is 7.36. The molecule has 3 N–H and O–H groups in total. The van der Waals surface area contributed by atoms with Crippen molar-refractivity contribution < 1.29 is 24.2 Å². The molecule has 4 rings (SSSR count). The number of hydrogen-bond acceptors (Lipinski definition) is 6. The standard InChI is InChI=1S/C23H20BrCl2N3O5/c24-18-19(23(20(18)30)5-7-34-8-6-23)29-16(22(32)33)9-12-1-3-13(4-2-12)28-21(31)17-14(25)10-27-11-15(17)26/h1-4,10-11,16,29H,5-9H2,(H,28,31)(H,32,33). The fourth-order valence-electron chi connectivity index (χ4n) is 4.14. The molecular weight excluding hydrogens is 549 g/mol. The summed E-state index contributed by atoms with van der Waals surface area (Å²) in [6.45, 7) is 0.913. The van der Waals surface area contributed by atoms with Crippen molar-refractivity contribution in [2.24, 2.45) is 5.41 Å². The minimum absolute atomic E-state index is 0.0167. The molecule has 1 aromatic carbocycles. The van der Waals surface area contributed by atoms with Crippen molar-refractivity contribution in [1.29, 1.82) is 0 Å². The highest BCUT2D eigenvalue weighted by Crippen LogP contribution is 2.51. The molecule has 1 atom stereocenters. The van der Waals surface area contributed by atoms with Gasteiger partial charge in [0, 0.05) is 43.4 Å². The van der Waals surface area contributed by atoms with Gasteiger partial charge in [0.25, 0.3) is 5.91 Å². The topological polar surface area (TPSA) is 118 Å². The fourth-order valence-corrected chi connectivity index (χ4v) is 5.55. The van der Waals surface area contributed by atoms with Crippen molar-refractivity contribution in [3.8, 4) is 0 Å². The van der Waals surface area contributed by atoms with Crippen molar-refractivity contribution in [1.82, 2.24) is 10.3 Å². The van der Waals surface area contributed by atoms with Crippen molar-refractivity contribution in [3.05, 3.63) is 68.0 Å². The maximum absolute atomic E-state index is 12.5. The van der Waals surface area contributed by atoms with Crippen LogP contribution in [0.3, 0.4) is 0 Å². The average Bonchev–Trinajstić information content (AvgIpc) is 2.82. The van der Waals surface area contributed by atoms with Crippen LogP contribution in [0.2, 0.25) is 10.0 Å². The highest BCUT2D eigenvalue weighted by Gasteiger charge is 2.54. The molecule has 8 nitrogen and oxygen atoms in total. The number of aliphatic carboxylic acids is 1. The van der Waals surface area contributed by atoms with E-state index in [9.17, 15) is 19.5 Å². The summed E-state index contributed by atoms with van der Waals surface area (Å²) in [4.78, 5) is 40.9. The highest BCUT2D eigenvalue weighted by molar-refractivity contribution is 9.12. The maximum Gasteiger partial charge on any atom is 0.326 e. The normalized spacial score (nSPS) is 17.8. The first-order valence-electron chi connectivity index (χ1n) is 10.4. The first kappa shape index (κ1) is 24.7. The number of ether oxygens (including phenoxy) is 1. The first-order valence-corrected chi connectivity index (χ1v) is 12.0. The lowest BCUT2D eigenvalue weighted by Crippen LogP contribution is -2.54. The molecule has 178 valence electrons. The molecule has 11 heteroatoms. The lowest BCUT2D eigenvalue weighted by atomic mass is 9.66. The molecule has 1 unspecified atom stereocenters. The zero-order chi connectivity index (χ0) is 24.5.